The quantitative estimate of drug-likeness (QED) is 0.574. The molecule has 8 heteroatoms. The summed E-state index contributed by atoms with van der Waals surface area (Å²) in [6.07, 6.45) is 1.78. The summed E-state index contributed by atoms with van der Waals surface area (Å²) in [6.45, 7) is 4.69. The van der Waals surface area contributed by atoms with Crippen molar-refractivity contribution in [1.29, 1.82) is 0 Å². The molecule has 0 unspecified atom stereocenters. The SMILES string of the molecule is CCOC(=O)COc1cccc(/C=C2/SC(N3CCOCC3)=NC2=O)c1. The van der Waals surface area contributed by atoms with Crippen molar-refractivity contribution < 1.29 is 23.8 Å². The van der Waals surface area contributed by atoms with Crippen LogP contribution in [0.1, 0.15) is 12.5 Å². The van der Waals surface area contributed by atoms with Gasteiger partial charge in [0.05, 0.1) is 24.7 Å². The lowest BCUT2D eigenvalue weighted by atomic mass is 10.2. The maximum absolute atomic E-state index is 12.2. The van der Waals surface area contributed by atoms with E-state index in [0.29, 0.717) is 30.5 Å². The Hall–Kier alpha value is -2.32. The number of hydrogen-bond donors (Lipinski definition) is 0. The van der Waals surface area contributed by atoms with Crippen molar-refractivity contribution in [1.82, 2.24) is 4.90 Å². The van der Waals surface area contributed by atoms with Gasteiger partial charge in [0.1, 0.15) is 5.75 Å². The summed E-state index contributed by atoms with van der Waals surface area (Å²) in [5.74, 6) is -0.118. The van der Waals surface area contributed by atoms with Crippen LogP contribution in [0, 0.1) is 0 Å². The molecule has 1 aromatic carbocycles. The average molecular weight is 376 g/mol. The van der Waals surface area contributed by atoms with Crippen LogP contribution in [0.25, 0.3) is 6.08 Å². The van der Waals surface area contributed by atoms with Crippen molar-refractivity contribution in [2.75, 3.05) is 39.5 Å². The summed E-state index contributed by atoms with van der Waals surface area (Å²) >= 11 is 1.37. The van der Waals surface area contributed by atoms with Crippen LogP contribution in [-0.2, 0) is 19.1 Å². The van der Waals surface area contributed by atoms with Gasteiger partial charge < -0.3 is 19.1 Å². The number of amides is 1. The fraction of sp³-hybridized carbons (Fsp3) is 0.389. The summed E-state index contributed by atoms with van der Waals surface area (Å²) in [7, 11) is 0. The molecule has 3 rings (SSSR count). The van der Waals surface area contributed by atoms with E-state index in [1.807, 2.05) is 6.07 Å². The van der Waals surface area contributed by atoms with Crippen LogP contribution < -0.4 is 4.74 Å². The maximum atomic E-state index is 12.2. The lowest BCUT2D eigenvalue weighted by molar-refractivity contribution is -0.145. The van der Waals surface area contributed by atoms with Gasteiger partial charge in [0.15, 0.2) is 11.8 Å². The largest absolute Gasteiger partial charge is 0.482 e. The summed E-state index contributed by atoms with van der Waals surface area (Å²) in [4.78, 5) is 30.3. The molecular weight excluding hydrogens is 356 g/mol. The van der Waals surface area contributed by atoms with Gasteiger partial charge in [0, 0.05) is 13.1 Å². The van der Waals surface area contributed by atoms with E-state index in [9.17, 15) is 9.59 Å². The second-order valence-electron chi connectivity index (χ2n) is 5.58. The zero-order valence-corrected chi connectivity index (χ0v) is 15.3. The van der Waals surface area contributed by atoms with E-state index in [4.69, 9.17) is 14.2 Å². The molecule has 0 atom stereocenters. The fourth-order valence-corrected chi connectivity index (χ4v) is 3.44. The van der Waals surface area contributed by atoms with E-state index in [2.05, 4.69) is 9.89 Å². The Kier molecular flexibility index (Phi) is 6.30. The summed E-state index contributed by atoms with van der Waals surface area (Å²) < 4.78 is 15.6. The average Bonchev–Trinajstić information content (AvgIpc) is 3.02. The Labute approximate surface area is 156 Å². The molecular formula is C18H20N2O5S. The van der Waals surface area contributed by atoms with Crippen molar-refractivity contribution in [2.24, 2.45) is 4.99 Å². The molecule has 138 valence electrons. The van der Waals surface area contributed by atoms with E-state index < -0.39 is 5.97 Å². The van der Waals surface area contributed by atoms with E-state index in [-0.39, 0.29) is 12.5 Å². The van der Waals surface area contributed by atoms with Crippen LogP contribution in [0.4, 0.5) is 0 Å². The van der Waals surface area contributed by atoms with Crippen LogP contribution in [0.5, 0.6) is 5.75 Å². The smallest absolute Gasteiger partial charge is 0.344 e. The number of thioether (sulfide) groups is 1. The van der Waals surface area contributed by atoms with Gasteiger partial charge >= 0.3 is 5.97 Å². The van der Waals surface area contributed by atoms with Crippen molar-refractivity contribution in [3.8, 4) is 5.75 Å². The molecule has 1 amide bonds. The third-order valence-electron chi connectivity index (χ3n) is 3.71. The number of ether oxygens (including phenoxy) is 3. The number of benzene rings is 1. The van der Waals surface area contributed by atoms with Crippen LogP contribution in [0.2, 0.25) is 0 Å². The molecule has 1 saturated heterocycles. The third-order valence-corrected chi connectivity index (χ3v) is 4.75. The van der Waals surface area contributed by atoms with E-state index in [0.717, 1.165) is 23.8 Å². The number of esters is 1. The molecule has 0 aliphatic carbocycles. The van der Waals surface area contributed by atoms with Gasteiger partial charge in [-0.2, -0.15) is 4.99 Å². The van der Waals surface area contributed by atoms with Crippen LogP contribution in [-0.4, -0.2) is 61.5 Å². The monoisotopic (exact) mass is 376 g/mol. The first-order valence-electron chi connectivity index (χ1n) is 8.39. The molecule has 7 nitrogen and oxygen atoms in total. The predicted molar refractivity (Wildman–Crippen MR) is 99.0 cm³/mol. The molecule has 0 aromatic heterocycles. The molecule has 0 bridgehead atoms. The summed E-state index contributed by atoms with van der Waals surface area (Å²) in [5.41, 5.74) is 0.806. The van der Waals surface area contributed by atoms with Crippen LogP contribution in [0.15, 0.2) is 34.2 Å². The first kappa shape index (κ1) is 18.5. The van der Waals surface area contributed by atoms with E-state index in [1.54, 1.807) is 31.2 Å². The van der Waals surface area contributed by atoms with Crippen molar-refractivity contribution >= 4 is 34.9 Å². The molecule has 1 aromatic rings. The van der Waals surface area contributed by atoms with E-state index >= 15 is 0 Å². The van der Waals surface area contributed by atoms with Crippen LogP contribution in [0.3, 0.4) is 0 Å². The fourth-order valence-electron chi connectivity index (χ4n) is 2.48. The Morgan fingerprint density at radius 1 is 1.38 bits per heavy atom. The van der Waals surface area contributed by atoms with Gasteiger partial charge in [-0.25, -0.2) is 4.79 Å². The maximum Gasteiger partial charge on any atom is 0.344 e. The zero-order chi connectivity index (χ0) is 18.4. The molecule has 2 heterocycles. The Morgan fingerprint density at radius 2 is 2.19 bits per heavy atom. The molecule has 1 fully saturated rings. The predicted octanol–water partition coefficient (Wildman–Crippen LogP) is 1.93. The Bertz CT molecular complexity index is 741. The normalized spacial score (nSPS) is 18.8. The number of hydrogen-bond acceptors (Lipinski definition) is 7. The molecule has 0 radical (unpaired) electrons. The lowest BCUT2D eigenvalue weighted by Gasteiger charge is -2.27. The third kappa shape index (κ3) is 4.86. The first-order valence-corrected chi connectivity index (χ1v) is 9.21. The van der Waals surface area contributed by atoms with Gasteiger partial charge in [-0.3, -0.25) is 4.79 Å². The molecule has 2 aliphatic heterocycles. The topological polar surface area (TPSA) is 77.4 Å². The molecule has 0 N–H and O–H groups in total. The van der Waals surface area contributed by atoms with Crippen molar-refractivity contribution in [3.63, 3.8) is 0 Å². The molecule has 2 aliphatic rings. The minimum absolute atomic E-state index is 0.147. The second-order valence-corrected chi connectivity index (χ2v) is 6.58. The number of rotatable bonds is 5. The molecule has 0 spiro atoms. The number of aliphatic imine (C=N–C) groups is 1. The van der Waals surface area contributed by atoms with Crippen LogP contribution >= 0.6 is 11.8 Å². The van der Waals surface area contributed by atoms with Gasteiger partial charge in [-0.15, -0.1) is 0 Å². The molecule has 0 saturated carbocycles. The number of nitrogens with zero attached hydrogens (tertiary/aromatic N) is 2. The minimum atomic E-state index is -0.415. The van der Waals surface area contributed by atoms with Crippen molar-refractivity contribution in [3.05, 3.63) is 34.7 Å². The van der Waals surface area contributed by atoms with Gasteiger partial charge in [0.25, 0.3) is 5.91 Å². The second kappa shape index (κ2) is 8.86. The highest BCUT2D eigenvalue weighted by Crippen LogP contribution is 2.31. The Balaban J connectivity index is 1.64. The number of carbonyl (C=O) groups is 2. The zero-order valence-electron chi connectivity index (χ0n) is 14.5. The van der Waals surface area contributed by atoms with Gasteiger partial charge in [-0.1, -0.05) is 12.1 Å². The van der Waals surface area contributed by atoms with E-state index in [1.165, 1.54) is 11.8 Å². The number of morpholine rings is 1. The number of amidine groups is 1. The number of carbonyl (C=O) groups excluding carboxylic acids is 2. The van der Waals surface area contributed by atoms with Crippen molar-refractivity contribution in [2.45, 2.75) is 6.92 Å². The highest BCUT2D eigenvalue weighted by atomic mass is 32.2. The standard InChI is InChI=1S/C18H20N2O5S/c1-2-24-16(21)12-25-14-5-3-4-13(10-14)11-15-17(22)19-18(26-15)20-6-8-23-9-7-20/h3-5,10-11H,2,6-9,12H2,1H3/b15-11+. The molecule has 26 heavy (non-hydrogen) atoms. The minimum Gasteiger partial charge on any atom is -0.482 e. The summed E-state index contributed by atoms with van der Waals surface area (Å²) in [6, 6.07) is 7.19. The lowest BCUT2D eigenvalue weighted by Crippen LogP contribution is -2.38. The summed E-state index contributed by atoms with van der Waals surface area (Å²) in [5, 5.41) is 0.722. The van der Waals surface area contributed by atoms with Gasteiger partial charge in [0.2, 0.25) is 0 Å². The highest BCUT2D eigenvalue weighted by Gasteiger charge is 2.27. The first-order chi connectivity index (χ1) is 12.7. The highest BCUT2D eigenvalue weighted by molar-refractivity contribution is 8.18. The Morgan fingerprint density at radius 3 is 2.96 bits per heavy atom. The van der Waals surface area contributed by atoms with Gasteiger partial charge in [-0.05, 0) is 42.5 Å².